The van der Waals surface area contributed by atoms with Crippen molar-refractivity contribution in [1.82, 2.24) is 4.98 Å². The smallest absolute Gasteiger partial charge is 0.0647 e. The van der Waals surface area contributed by atoms with Crippen LogP contribution in [-0.2, 0) is 0 Å². The van der Waals surface area contributed by atoms with Gasteiger partial charge in [-0.1, -0.05) is 72.3 Å². The number of aromatic nitrogens is 1. The first kappa shape index (κ1) is 16.0. The second kappa shape index (κ2) is 6.49. The van der Waals surface area contributed by atoms with Crippen molar-refractivity contribution in [2.24, 2.45) is 0 Å². The van der Waals surface area contributed by atoms with E-state index in [-0.39, 0.29) is 0 Å². The summed E-state index contributed by atoms with van der Waals surface area (Å²) in [5.74, 6) is 0. The van der Waals surface area contributed by atoms with Gasteiger partial charge in [-0.2, -0.15) is 0 Å². The molecule has 27 heavy (non-hydrogen) atoms. The fraction of sp³-hybridized carbons (Fsp3) is 0. The predicted molar refractivity (Wildman–Crippen MR) is 116 cm³/mol. The van der Waals surface area contributed by atoms with Crippen LogP contribution in [0.25, 0.3) is 32.9 Å². The molecule has 0 saturated heterocycles. The third-order valence-electron chi connectivity index (χ3n) is 4.87. The molecule has 0 saturated carbocycles. The lowest BCUT2D eigenvalue weighted by atomic mass is 10.0. The van der Waals surface area contributed by atoms with Crippen molar-refractivity contribution in [3.05, 3.63) is 96.0 Å². The molecule has 0 atom stereocenters. The summed E-state index contributed by atoms with van der Waals surface area (Å²) in [5.41, 5.74) is 6.44. The van der Waals surface area contributed by atoms with Crippen LogP contribution in [0, 0.1) is 0 Å². The van der Waals surface area contributed by atoms with E-state index in [9.17, 15) is 0 Å². The molecule has 0 fully saturated rings. The number of H-pyrrole nitrogens is 1. The lowest BCUT2D eigenvalue weighted by molar-refractivity contribution is 1.52. The molecule has 0 spiro atoms. The van der Waals surface area contributed by atoms with Gasteiger partial charge in [0.15, 0.2) is 0 Å². The average molecular weight is 369 g/mol. The van der Waals surface area contributed by atoms with Gasteiger partial charge in [0, 0.05) is 27.5 Å². The van der Waals surface area contributed by atoms with Crippen molar-refractivity contribution < 1.29 is 0 Å². The van der Waals surface area contributed by atoms with E-state index in [1.165, 1.54) is 10.8 Å². The maximum Gasteiger partial charge on any atom is 0.0647 e. The first-order valence-corrected chi connectivity index (χ1v) is 9.29. The van der Waals surface area contributed by atoms with Crippen molar-refractivity contribution in [3.8, 4) is 11.1 Å². The van der Waals surface area contributed by atoms with Gasteiger partial charge in [0.25, 0.3) is 0 Å². The molecular weight excluding hydrogens is 352 g/mol. The zero-order valence-corrected chi connectivity index (χ0v) is 15.3. The number of fused-ring (bicyclic) bond motifs is 3. The molecule has 3 heteroatoms. The molecule has 0 bridgehead atoms. The monoisotopic (exact) mass is 368 g/mol. The van der Waals surface area contributed by atoms with E-state index in [2.05, 4.69) is 58.8 Å². The molecule has 5 aromatic rings. The van der Waals surface area contributed by atoms with Crippen LogP contribution < -0.4 is 5.32 Å². The molecule has 0 radical (unpaired) electrons. The minimum absolute atomic E-state index is 0.699. The molecule has 2 N–H and O–H groups in total. The van der Waals surface area contributed by atoms with Gasteiger partial charge in [-0.15, -0.1) is 0 Å². The number of rotatable bonds is 3. The summed E-state index contributed by atoms with van der Waals surface area (Å²) in [7, 11) is 0. The molecule has 130 valence electrons. The van der Waals surface area contributed by atoms with Gasteiger partial charge < -0.3 is 10.3 Å². The van der Waals surface area contributed by atoms with Gasteiger partial charge in [0.2, 0.25) is 0 Å². The zero-order chi connectivity index (χ0) is 18.2. The van der Waals surface area contributed by atoms with Crippen molar-refractivity contribution in [2.45, 2.75) is 0 Å². The van der Waals surface area contributed by atoms with E-state index in [1.54, 1.807) is 0 Å². The highest BCUT2D eigenvalue weighted by Gasteiger charge is 2.11. The number of para-hydroxylation sites is 3. The number of hydrogen-bond acceptors (Lipinski definition) is 1. The fourth-order valence-corrected chi connectivity index (χ4v) is 3.80. The third-order valence-corrected chi connectivity index (χ3v) is 5.19. The first-order chi connectivity index (χ1) is 13.3. The van der Waals surface area contributed by atoms with Crippen molar-refractivity contribution in [3.63, 3.8) is 0 Å². The van der Waals surface area contributed by atoms with E-state index < -0.39 is 0 Å². The summed E-state index contributed by atoms with van der Waals surface area (Å²) in [6, 6.07) is 31.0. The van der Waals surface area contributed by atoms with Crippen LogP contribution in [0.4, 0.5) is 11.4 Å². The minimum Gasteiger partial charge on any atom is -0.354 e. The van der Waals surface area contributed by atoms with Crippen LogP contribution >= 0.6 is 11.6 Å². The van der Waals surface area contributed by atoms with Crippen molar-refractivity contribution >= 4 is 44.8 Å². The highest BCUT2D eigenvalue weighted by molar-refractivity contribution is 6.33. The number of anilines is 2. The minimum atomic E-state index is 0.699. The van der Waals surface area contributed by atoms with Crippen LogP contribution in [-0.4, -0.2) is 4.98 Å². The second-order valence-electron chi connectivity index (χ2n) is 6.58. The molecule has 2 nitrogen and oxygen atoms in total. The van der Waals surface area contributed by atoms with Crippen LogP contribution in [0.5, 0.6) is 0 Å². The quantitative estimate of drug-likeness (QED) is 0.341. The lowest BCUT2D eigenvalue weighted by Crippen LogP contribution is -1.91. The molecule has 0 amide bonds. The van der Waals surface area contributed by atoms with E-state index in [0.717, 1.165) is 33.5 Å². The van der Waals surface area contributed by atoms with Gasteiger partial charge in [-0.05, 0) is 35.9 Å². The Morgan fingerprint density at radius 2 is 1.48 bits per heavy atom. The maximum absolute atomic E-state index is 6.59. The molecule has 1 aromatic heterocycles. The summed E-state index contributed by atoms with van der Waals surface area (Å²) in [6.07, 6.45) is 0. The topological polar surface area (TPSA) is 27.8 Å². The Hall–Kier alpha value is -3.23. The van der Waals surface area contributed by atoms with Crippen LogP contribution in [0.2, 0.25) is 5.02 Å². The predicted octanol–water partition coefficient (Wildman–Crippen LogP) is 7.39. The number of hydrogen-bond donors (Lipinski definition) is 2. The molecule has 0 unspecified atom stereocenters. The summed E-state index contributed by atoms with van der Waals surface area (Å²) in [5, 5.41) is 6.53. The number of benzene rings is 4. The van der Waals surface area contributed by atoms with Crippen LogP contribution in [0.1, 0.15) is 0 Å². The molecule has 4 aromatic carbocycles. The van der Waals surface area contributed by atoms with E-state index in [0.29, 0.717) is 5.02 Å². The highest BCUT2D eigenvalue weighted by atomic mass is 35.5. The number of nitrogens with one attached hydrogen (secondary N) is 2. The van der Waals surface area contributed by atoms with Crippen molar-refractivity contribution in [2.75, 3.05) is 5.32 Å². The van der Waals surface area contributed by atoms with Gasteiger partial charge in [0.05, 0.1) is 16.2 Å². The van der Waals surface area contributed by atoms with Crippen LogP contribution in [0.3, 0.4) is 0 Å². The molecule has 5 rings (SSSR count). The molecule has 0 aliphatic carbocycles. The third kappa shape index (κ3) is 2.84. The number of aromatic amines is 1. The molecule has 1 heterocycles. The summed E-state index contributed by atoms with van der Waals surface area (Å²) < 4.78 is 0. The number of halogens is 1. The van der Waals surface area contributed by atoms with Crippen LogP contribution in [0.15, 0.2) is 91.0 Å². The largest absolute Gasteiger partial charge is 0.354 e. The normalized spacial score (nSPS) is 11.1. The first-order valence-electron chi connectivity index (χ1n) is 8.91. The Bertz CT molecular complexity index is 1260. The summed E-state index contributed by atoms with van der Waals surface area (Å²) in [4.78, 5) is 3.56. The lowest BCUT2D eigenvalue weighted by Gasteiger charge is -2.11. The zero-order valence-electron chi connectivity index (χ0n) is 14.5. The van der Waals surface area contributed by atoms with Gasteiger partial charge >= 0.3 is 0 Å². The fourth-order valence-electron chi connectivity index (χ4n) is 3.57. The Balaban J connectivity index is 1.60. The summed E-state index contributed by atoms with van der Waals surface area (Å²) >= 11 is 6.59. The molecule has 0 aliphatic rings. The SMILES string of the molecule is Clc1cc(-c2cccc3c2[nH]c2ccccc23)ccc1Nc1ccccc1. The molecular formula is C24H17ClN2. The average Bonchev–Trinajstić information content (AvgIpc) is 3.09. The van der Waals surface area contributed by atoms with Gasteiger partial charge in [-0.25, -0.2) is 0 Å². The molecule has 0 aliphatic heterocycles. The van der Waals surface area contributed by atoms with Gasteiger partial charge in [0.1, 0.15) is 0 Å². The Labute approximate surface area is 162 Å². The second-order valence-corrected chi connectivity index (χ2v) is 6.99. The maximum atomic E-state index is 6.59. The van der Waals surface area contributed by atoms with Crippen molar-refractivity contribution in [1.29, 1.82) is 0 Å². The standard InChI is InChI=1S/C24H17ClN2/c25-21-15-16(13-14-23(21)26-17-7-2-1-3-8-17)18-10-6-11-20-19-9-4-5-12-22(19)27-24(18)20/h1-15,26-27H. The van der Waals surface area contributed by atoms with E-state index in [4.69, 9.17) is 11.6 Å². The van der Waals surface area contributed by atoms with E-state index in [1.807, 2.05) is 42.5 Å². The summed E-state index contributed by atoms with van der Waals surface area (Å²) in [6.45, 7) is 0. The Kier molecular flexibility index (Phi) is 3.84. The Morgan fingerprint density at radius 1 is 0.704 bits per heavy atom. The van der Waals surface area contributed by atoms with E-state index >= 15 is 0 Å². The Morgan fingerprint density at radius 3 is 2.33 bits per heavy atom. The van der Waals surface area contributed by atoms with Gasteiger partial charge in [-0.3, -0.25) is 0 Å². The highest BCUT2D eigenvalue weighted by Crippen LogP contribution is 2.36.